The van der Waals surface area contributed by atoms with Crippen LogP contribution in [0.1, 0.15) is 24.0 Å². The molecule has 0 unspecified atom stereocenters. The number of aromatic hydroxyl groups is 1. The van der Waals surface area contributed by atoms with Crippen LogP contribution in [0.25, 0.3) is 0 Å². The van der Waals surface area contributed by atoms with Crippen LogP contribution in [0, 0.1) is 0 Å². The third-order valence-corrected chi connectivity index (χ3v) is 2.46. The topological polar surface area (TPSA) is 72.3 Å². The molecular weight excluding hydrogens is 188 g/mol. The molecule has 3 nitrogen and oxygen atoms in total. The summed E-state index contributed by atoms with van der Waals surface area (Å²) in [5.41, 5.74) is 13.1. The summed E-state index contributed by atoms with van der Waals surface area (Å²) >= 11 is 0. The van der Waals surface area contributed by atoms with Crippen LogP contribution in [-0.2, 0) is 12.8 Å². The molecule has 1 aromatic carbocycles. The van der Waals surface area contributed by atoms with E-state index in [1.54, 1.807) is 6.07 Å². The summed E-state index contributed by atoms with van der Waals surface area (Å²) in [5.74, 6) is 0.375. The molecule has 0 heterocycles. The smallest absolute Gasteiger partial charge is 0.118 e. The van der Waals surface area contributed by atoms with Gasteiger partial charge >= 0.3 is 0 Å². The summed E-state index contributed by atoms with van der Waals surface area (Å²) in [6, 6.07) is 5.77. The summed E-state index contributed by atoms with van der Waals surface area (Å²) in [6.07, 6.45) is 3.72. The predicted molar refractivity (Wildman–Crippen MR) is 62.9 cm³/mol. The van der Waals surface area contributed by atoms with E-state index < -0.39 is 0 Å². The summed E-state index contributed by atoms with van der Waals surface area (Å²) < 4.78 is 0. The zero-order valence-electron chi connectivity index (χ0n) is 9.08. The minimum Gasteiger partial charge on any atom is -0.508 e. The monoisotopic (exact) mass is 208 g/mol. The molecule has 0 aliphatic rings. The number of phenols is 1. The lowest BCUT2D eigenvalue weighted by Gasteiger charge is -2.07. The van der Waals surface area contributed by atoms with Crippen molar-refractivity contribution in [2.45, 2.75) is 25.7 Å². The second kappa shape index (κ2) is 6.43. The molecule has 0 aliphatic carbocycles. The number of nitrogens with two attached hydrogens (primary N) is 2. The van der Waals surface area contributed by atoms with E-state index in [9.17, 15) is 5.11 Å². The first kappa shape index (κ1) is 12.0. The van der Waals surface area contributed by atoms with Gasteiger partial charge in [-0.05, 0) is 56.0 Å². The molecule has 84 valence electrons. The van der Waals surface area contributed by atoms with Gasteiger partial charge in [-0.15, -0.1) is 0 Å². The zero-order chi connectivity index (χ0) is 11.1. The largest absolute Gasteiger partial charge is 0.508 e. The molecule has 1 rings (SSSR count). The molecule has 5 N–H and O–H groups in total. The Labute approximate surface area is 91.1 Å². The summed E-state index contributed by atoms with van der Waals surface area (Å²) in [4.78, 5) is 0. The zero-order valence-corrected chi connectivity index (χ0v) is 9.08. The second-order valence-electron chi connectivity index (χ2n) is 3.75. The third-order valence-electron chi connectivity index (χ3n) is 2.46. The minimum atomic E-state index is 0.375. The van der Waals surface area contributed by atoms with Crippen molar-refractivity contribution in [2.24, 2.45) is 11.5 Å². The Morgan fingerprint density at radius 1 is 1.00 bits per heavy atom. The SMILES string of the molecule is NCCCc1ccc(O)c(CCCN)c1. The van der Waals surface area contributed by atoms with Crippen LogP contribution in [-0.4, -0.2) is 18.2 Å². The van der Waals surface area contributed by atoms with Gasteiger partial charge in [0.25, 0.3) is 0 Å². The van der Waals surface area contributed by atoms with E-state index in [1.165, 1.54) is 5.56 Å². The molecule has 0 saturated heterocycles. The van der Waals surface area contributed by atoms with Gasteiger partial charge in [0.2, 0.25) is 0 Å². The predicted octanol–water partition coefficient (Wildman–Crippen LogP) is 1.17. The highest BCUT2D eigenvalue weighted by Crippen LogP contribution is 2.20. The first-order valence-electron chi connectivity index (χ1n) is 5.49. The van der Waals surface area contributed by atoms with Gasteiger partial charge in [-0.2, -0.15) is 0 Å². The Kier molecular flexibility index (Phi) is 5.15. The van der Waals surface area contributed by atoms with Crippen LogP contribution >= 0.6 is 0 Å². The molecule has 0 saturated carbocycles. The maximum atomic E-state index is 9.62. The van der Waals surface area contributed by atoms with E-state index in [0.29, 0.717) is 18.8 Å². The second-order valence-corrected chi connectivity index (χ2v) is 3.75. The van der Waals surface area contributed by atoms with E-state index in [2.05, 4.69) is 6.07 Å². The average Bonchev–Trinajstić information content (AvgIpc) is 2.26. The van der Waals surface area contributed by atoms with Crippen LogP contribution in [0.2, 0.25) is 0 Å². The Morgan fingerprint density at radius 3 is 2.33 bits per heavy atom. The van der Waals surface area contributed by atoms with E-state index >= 15 is 0 Å². The van der Waals surface area contributed by atoms with E-state index in [1.807, 2.05) is 6.07 Å². The van der Waals surface area contributed by atoms with Gasteiger partial charge in [0.15, 0.2) is 0 Å². The highest BCUT2D eigenvalue weighted by atomic mass is 16.3. The van der Waals surface area contributed by atoms with Crippen molar-refractivity contribution in [1.82, 2.24) is 0 Å². The van der Waals surface area contributed by atoms with Crippen molar-refractivity contribution < 1.29 is 5.11 Å². The lowest BCUT2D eigenvalue weighted by molar-refractivity contribution is 0.467. The van der Waals surface area contributed by atoms with Crippen molar-refractivity contribution in [3.8, 4) is 5.75 Å². The molecular formula is C12H20N2O. The molecule has 0 fully saturated rings. The van der Waals surface area contributed by atoms with Gasteiger partial charge in [-0.3, -0.25) is 0 Å². The number of hydrogen-bond donors (Lipinski definition) is 3. The maximum Gasteiger partial charge on any atom is 0.118 e. The van der Waals surface area contributed by atoms with Crippen molar-refractivity contribution in [3.05, 3.63) is 29.3 Å². The number of hydrogen-bond acceptors (Lipinski definition) is 3. The Balaban J connectivity index is 2.66. The summed E-state index contributed by atoms with van der Waals surface area (Å²) in [5, 5.41) is 9.62. The van der Waals surface area contributed by atoms with Crippen molar-refractivity contribution in [3.63, 3.8) is 0 Å². The lowest BCUT2D eigenvalue weighted by Crippen LogP contribution is -2.02. The molecule has 1 aromatic rings. The standard InChI is InChI=1S/C12H20N2O/c13-7-1-3-10-5-6-12(15)11(9-10)4-2-8-14/h5-6,9,15H,1-4,7-8,13-14H2. The molecule has 0 aromatic heterocycles. The van der Waals surface area contributed by atoms with Crippen LogP contribution in [0.4, 0.5) is 0 Å². The molecule has 0 spiro atoms. The normalized spacial score (nSPS) is 10.5. The molecule has 0 atom stereocenters. The van der Waals surface area contributed by atoms with Crippen LogP contribution in [0.3, 0.4) is 0 Å². The Hall–Kier alpha value is -1.06. The first-order valence-corrected chi connectivity index (χ1v) is 5.49. The molecule has 0 bridgehead atoms. The van der Waals surface area contributed by atoms with Crippen molar-refractivity contribution in [1.29, 1.82) is 0 Å². The number of aryl methyl sites for hydroxylation is 2. The van der Waals surface area contributed by atoms with E-state index in [-0.39, 0.29) is 0 Å². The van der Waals surface area contributed by atoms with Gasteiger partial charge in [0.1, 0.15) is 5.75 Å². The Morgan fingerprint density at radius 2 is 1.67 bits per heavy atom. The summed E-state index contributed by atoms with van der Waals surface area (Å²) in [7, 11) is 0. The average molecular weight is 208 g/mol. The molecule has 0 aliphatic heterocycles. The van der Waals surface area contributed by atoms with Crippen LogP contribution < -0.4 is 11.5 Å². The van der Waals surface area contributed by atoms with Crippen molar-refractivity contribution >= 4 is 0 Å². The van der Waals surface area contributed by atoms with Crippen molar-refractivity contribution in [2.75, 3.05) is 13.1 Å². The molecule has 0 amide bonds. The van der Waals surface area contributed by atoms with Gasteiger partial charge in [0, 0.05) is 0 Å². The van der Waals surface area contributed by atoms with Gasteiger partial charge in [0.05, 0.1) is 0 Å². The van der Waals surface area contributed by atoms with E-state index in [0.717, 1.165) is 31.2 Å². The number of rotatable bonds is 6. The number of phenolic OH excluding ortho intramolecular Hbond substituents is 1. The molecule has 15 heavy (non-hydrogen) atoms. The first-order chi connectivity index (χ1) is 7.27. The minimum absolute atomic E-state index is 0.375. The van der Waals surface area contributed by atoms with Gasteiger partial charge in [-0.1, -0.05) is 12.1 Å². The van der Waals surface area contributed by atoms with Gasteiger partial charge in [-0.25, -0.2) is 0 Å². The number of benzene rings is 1. The maximum absolute atomic E-state index is 9.62. The highest BCUT2D eigenvalue weighted by Gasteiger charge is 2.02. The van der Waals surface area contributed by atoms with Crippen LogP contribution in [0.5, 0.6) is 5.75 Å². The third kappa shape index (κ3) is 3.90. The lowest BCUT2D eigenvalue weighted by atomic mass is 10.0. The fraction of sp³-hybridized carbons (Fsp3) is 0.500. The molecule has 3 heteroatoms. The summed E-state index contributed by atoms with van der Waals surface area (Å²) in [6.45, 7) is 1.37. The quantitative estimate of drug-likeness (QED) is 0.657. The van der Waals surface area contributed by atoms with Crippen LogP contribution in [0.15, 0.2) is 18.2 Å². The Bertz CT molecular complexity index is 300. The highest BCUT2D eigenvalue weighted by molar-refractivity contribution is 5.36. The molecule has 0 radical (unpaired) electrons. The fourth-order valence-electron chi connectivity index (χ4n) is 1.59. The van der Waals surface area contributed by atoms with Gasteiger partial charge < -0.3 is 16.6 Å². The van der Waals surface area contributed by atoms with E-state index in [4.69, 9.17) is 11.5 Å². The fourth-order valence-corrected chi connectivity index (χ4v) is 1.59.